The first-order chi connectivity index (χ1) is 8.94. The smallest absolute Gasteiger partial charge is 0.313 e. The van der Waals surface area contributed by atoms with E-state index in [2.05, 4.69) is 13.8 Å². The van der Waals surface area contributed by atoms with Crippen LogP contribution in [0.25, 0.3) is 0 Å². The summed E-state index contributed by atoms with van der Waals surface area (Å²) >= 11 is 6.31. The molecule has 2 unspecified atom stereocenters. The molecule has 1 aliphatic carbocycles. The molecule has 0 spiro atoms. The van der Waals surface area contributed by atoms with E-state index in [1.54, 1.807) is 0 Å². The molecule has 1 fully saturated rings. The summed E-state index contributed by atoms with van der Waals surface area (Å²) in [5.41, 5.74) is 1.35. The van der Waals surface area contributed by atoms with Gasteiger partial charge in [-0.1, -0.05) is 25.4 Å². The monoisotopic (exact) mass is 280 g/mol. The number of rotatable bonds is 3. The summed E-state index contributed by atoms with van der Waals surface area (Å²) in [6.07, 6.45) is 1.57. The molecule has 0 bridgehead atoms. The molecule has 102 valence electrons. The Morgan fingerprint density at radius 2 is 2.32 bits per heavy atom. The van der Waals surface area contributed by atoms with E-state index in [4.69, 9.17) is 16.3 Å². The third kappa shape index (κ3) is 1.91. The van der Waals surface area contributed by atoms with E-state index in [0.717, 1.165) is 28.3 Å². The summed E-state index contributed by atoms with van der Waals surface area (Å²) < 4.78 is 5.68. The molecule has 0 aromatic heterocycles. The number of carbonyl (C=O) groups is 1. The Morgan fingerprint density at radius 3 is 2.95 bits per heavy atom. The molecule has 1 aromatic rings. The molecule has 3 rings (SSSR count). The fraction of sp³-hybridized carbons (Fsp3) is 0.533. The van der Waals surface area contributed by atoms with Crippen LogP contribution < -0.4 is 4.74 Å². The highest BCUT2D eigenvalue weighted by Crippen LogP contribution is 2.64. The van der Waals surface area contributed by atoms with Gasteiger partial charge in [-0.15, -0.1) is 0 Å². The molecule has 19 heavy (non-hydrogen) atoms. The zero-order valence-corrected chi connectivity index (χ0v) is 11.8. The molecular formula is C15H17ClO3. The van der Waals surface area contributed by atoms with Crippen LogP contribution in [0.15, 0.2) is 12.1 Å². The van der Waals surface area contributed by atoms with Crippen LogP contribution in [0, 0.1) is 11.3 Å². The quantitative estimate of drug-likeness (QED) is 0.922. The molecule has 1 aromatic carbocycles. The molecule has 1 saturated carbocycles. The highest BCUT2D eigenvalue weighted by molar-refractivity contribution is 6.31. The number of carboxylic acids is 1. The SMILES string of the molecule is CC(C)Cc1cc2c(cc1Cl)C1CC1(C(=O)O)CO2. The van der Waals surface area contributed by atoms with E-state index in [1.807, 2.05) is 12.1 Å². The second kappa shape index (κ2) is 4.14. The van der Waals surface area contributed by atoms with Crippen LogP contribution in [0.3, 0.4) is 0 Å². The molecule has 1 aliphatic heterocycles. The van der Waals surface area contributed by atoms with Gasteiger partial charge < -0.3 is 9.84 Å². The lowest BCUT2D eigenvalue weighted by Crippen LogP contribution is -2.28. The highest BCUT2D eigenvalue weighted by atomic mass is 35.5. The molecular weight excluding hydrogens is 264 g/mol. The Morgan fingerprint density at radius 1 is 1.58 bits per heavy atom. The lowest BCUT2D eigenvalue weighted by Gasteiger charge is -2.23. The third-order valence-electron chi connectivity index (χ3n) is 4.17. The van der Waals surface area contributed by atoms with Crippen LogP contribution >= 0.6 is 11.6 Å². The minimum atomic E-state index is -0.759. The number of halogens is 1. The predicted molar refractivity (Wildman–Crippen MR) is 72.9 cm³/mol. The van der Waals surface area contributed by atoms with Crippen molar-refractivity contribution in [3.63, 3.8) is 0 Å². The zero-order chi connectivity index (χ0) is 13.8. The van der Waals surface area contributed by atoms with Crippen molar-refractivity contribution in [3.05, 3.63) is 28.3 Å². The van der Waals surface area contributed by atoms with Crippen LogP contribution in [-0.2, 0) is 11.2 Å². The Balaban J connectivity index is 1.96. The molecule has 1 N–H and O–H groups in total. The maximum Gasteiger partial charge on any atom is 0.313 e. The van der Waals surface area contributed by atoms with Gasteiger partial charge in [0, 0.05) is 16.5 Å². The van der Waals surface area contributed by atoms with Gasteiger partial charge in [0.25, 0.3) is 0 Å². The molecule has 0 saturated heterocycles. The summed E-state index contributed by atoms with van der Waals surface area (Å²) in [6.45, 7) is 4.57. The van der Waals surface area contributed by atoms with Gasteiger partial charge in [-0.2, -0.15) is 0 Å². The average molecular weight is 281 g/mol. The topological polar surface area (TPSA) is 46.5 Å². The number of hydrogen-bond acceptors (Lipinski definition) is 2. The Bertz CT molecular complexity index is 553. The average Bonchev–Trinajstić information content (AvgIpc) is 3.06. The largest absolute Gasteiger partial charge is 0.492 e. The molecule has 0 amide bonds. The molecule has 4 heteroatoms. The van der Waals surface area contributed by atoms with Crippen molar-refractivity contribution in [2.75, 3.05) is 6.61 Å². The van der Waals surface area contributed by atoms with Crippen LogP contribution in [-0.4, -0.2) is 17.7 Å². The van der Waals surface area contributed by atoms with Gasteiger partial charge in [0.1, 0.15) is 17.8 Å². The lowest BCUT2D eigenvalue weighted by atomic mass is 9.94. The van der Waals surface area contributed by atoms with Crippen molar-refractivity contribution in [2.45, 2.75) is 32.6 Å². The van der Waals surface area contributed by atoms with Crippen molar-refractivity contribution >= 4 is 17.6 Å². The summed E-state index contributed by atoms with van der Waals surface area (Å²) in [7, 11) is 0. The Hall–Kier alpha value is -1.22. The number of fused-ring (bicyclic) bond motifs is 3. The first-order valence-electron chi connectivity index (χ1n) is 6.62. The zero-order valence-electron chi connectivity index (χ0n) is 11.1. The van der Waals surface area contributed by atoms with E-state index >= 15 is 0 Å². The third-order valence-corrected chi connectivity index (χ3v) is 4.52. The molecule has 0 radical (unpaired) electrons. The maximum absolute atomic E-state index is 11.3. The van der Waals surface area contributed by atoms with Gasteiger partial charge in [-0.3, -0.25) is 4.79 Å². The van der Waals surface area contributed by atoms with Crippen molar-refractivity contribution in [2.24, 2.45) is 11.3 Å². The second-order valence-corrected chi connectivity index (χ2v) is 6.49. The number of hydrogen-bond donors (Lipinski definition) is 1. The second-order valence-electron chi connectivity index (χ2n) is 6.09. The minimum Gasteiger partial charge on any atom is -0.492 e. The van der Waals surface area contributed by atoms with Gasteiger partial charge in [0.15, 0.2) is 0 Å². The molecule has 2 atom stereocenters. The molecule has 1 heterocycles. The summed E-state index contributed by atoms with van der Waals surface area (Å²) in [6, 6.07) is 3.89. The van der Waals surface area contributed by atoms with E-state index in [-0.39, 0.29) is 12.5 Å². The van der Waals surface area contributed by atoms with E-state index < -0.39 is 11.4 Å². The van der Waals surface area contributed by atoms with Crippen molar-refractivity contribution in [3.8, 4) is 5.75 Å². The first-order valence-corrected chi connectivity index (χ1v) is 7.00. The number of aliphatic carboxylic acids is 1. The van der Waals surface area contributed by atoms with E-state index in [1.165, 1.54) is 0 Å². The highest BCUT2D eigenvalue weighted by Gasteiger charge is 2.64. The van der Waals surface area contributed by atoms with Crippen LogP contribution in [0.2, 0.25) is 5.02 Å². The van der Waals surface area contributed by atoms with Crippen molar-refractivity contribution in [1.29, 1.82) is 0 Å². The Labute approximate surface area is 117 Å². The number of carboxylic acid groups (broad SMARTS) is 1. The number of benzene rings is 1. The lowest BCUT2D eigenvalue weighted by molar-refractivity contribution is -0.145. The summed E-state index contributed by atoms with van der Waals surface area (Å²) in [5, 5.41) is 10.0. The summed E-state index contributed by atoms with van der Waals surface area (Å²) in [5.74, 6) is 0.655. The van der Waals surface area contributed by atoms with E-state index in [0.29, 0.717) is 12.3 Å². The van der Waals surface area contributed by atoms with E-state index in [9.17, 15) is 9.90 Å². The van der Waals surface area contributed by atoms with Gasteiger partial charge in [0.05, 0.1) is 0 Å². The fourth-order valence-electron chi connectivity index (χ4n) is 2.98. The maximum atomic E-state index is 11.3. The Kier molecular flexibility index (Phi) is 2.79. The van der Waals surface area contributed by atoms with Gasteiger partial charge in [0.2, 0.25) is 0 Å². The van der Waals surface area contributed by atoms with Crippen LogP contribution in [0.1, 0.15) is 37.3 Å². The normalized spacial score (nSPS) is 27.5. The van der Waals surface area contributed by atoms with Crippen LogP contribution in [0.4, 0.5) is 0 Å². The predicted octanol–water partition coefficient (Wildman–Crippen LogP) is 3.49. The fourth-order valence-corrected chi connectivity index (χ4v) is 3.23. The van der Waals surface area contributed by atoms with Gasteiger partial charge >= 0.3 is 5.97 Å². The van der Waals surface area contributed by atoms with Gasteiger partial charge in [-0.25, -0.2) is 0 Å². The van der Waals surface area contributed by atoms with Crippen molar-refractivity contribution < 1.29 is 14.6 Å². The number of ether oxygens (including phenoxy) is 1. The first kappa shape index (κ1) is 12.8. The van der Waals surface area contributed by atoms with Gasteiger partial charge in [-0.05, 0) is 36.5 Å². The molecule has 3 nitrogen and oxygen atoms in total. The minimum absolute atomic E-state index is 0.0688. The van der Waals surface area contributed by atoms with Crippen LogP contribution in [0.5, 0.6) is 5.75 Å². The summed E-state index contributed by atoms with van der Waals surface area (Å²) in [4.78, 5) is 11.3. The standard InChI is InChI=1S/C15H17ClO3/c1-8(2)3-9-4-13-10(5-12(9)16)11-6-15(11,7-19-13)14(17)18/h4-5,8,11H,3,6-7H2,1-2H3,(H,17,18). The van der Waals surface area contributed by atoms with Crippen molar-refractivity contribution in [1.82, 2.24) is 0 Å². The molecule has 2 aliphatic rings.